The van der Waals surface area contributed by atoms with Gasteiger partial charge in [0, 0.05) is 11.8 Å². The van der Waals surface area contributed by atoms with Crippen molar-refractivity contribution >= 4 is 28.8 Å². The minimum Gasteiger partial charge on any atom is -0.399 e. The molecule has 0 saturated heterocycles. The summed E-state index contributed by atoms with van der Waals surface area (Å²) in [5.41, 5.74) is 14.1. The molecule has 0 aliphatic heterocycles. The topological polar surface area (TPSA) is 71.3 Å². The highest BCUT2D eigenvalue weighted by molar-refractivity contribution is 7.99. The monoisotopic (exact) mass is 276 g/mol. The molecular weight excluding hydrogens is 256 g/mol. The number of para-hydroxylation sites is 1. The summed E-state index contributed by atoms with van der Waals surface area (Å²) < 4.78 is 0. The van der Waals surface area contributed by atoms with E-state index in [1.54, 1.807) is 0 Å². The van der Waals surface area contributed by atoms with E-state index < -0.39 is 0 Å². The molecule has 0 aliphatic rings. The van der Waals surface area contributed by atoms with Crippen molar-refractivity contribution in [2.24, 2.45) is 0 Å². The van der Waals surface area contributed by atoms with Crippen LogP contribution in [0.1, 0.15) is 0 Å². The Morgan fingerprint density at radius 3 is 2.58 bits per heavy atom. The molecule has 0 heterocycles. The molecule has 2 aromatic carbocycles. The fourth-order valence-electron chi connectivity index (χ4n) is 1.72. The van der Waals surface area contributed by atoms with Crippen molar-refractivity contribution in [2.75, 3.05) is 24.1 Å². The van der Waals surface area contributed by atoms with Crippen LogP contribution in [0.25, 0.3) is 0 Å². The number of hydrogen-bond donors (Lipinski definition) is 4. The highest BCUT2D eigenvalue weighted by Gasteiger charge is 2.04. The summed E-state index contributed by atoms with van der Waals surface area (Å²) in [5, 5.41) is 2.13. The minimum atomic E-state index is 0.785. The lowest BCUT2D eigenvalue weighted by molar-refractivity contribution is -0.606. The fraction of sp³-hybridized carbons (Fsp3) is 0.143. The van der Waals surface area contributed by atoms with Crippen LogP contribution in [0, 0.1) is 0 Å². The molecule has 0 saturated carbocycles. The Balaban J connectivity index is 1.79. The van der Waals surface area contributed by atoms with Gasteiger partial charge in [-0.15, -0.1) is 0 Å². The molecule has 7 N–H and O–H groups in total. The van der Waals surface area contributed by atoms with Gasteiger partial charge in [-0.25, -0.2) is 10.9 Å². The van der Waals surface area contributed by atoms with Gasteiger partial charge in [-0.3, -0.25) is 0 Å². The number of nitrogens with two attached hydrogens (primary N) is 3. The van der Waals surface area contributed by atoms with E-state index in [0.29, 0.717) is 0 Å². The zero-order chi connectivity index (χ0) is 13.5. The first-order valence-electron chi connectivity index (χ1n) is 6.24. The van der Waals surface area contributed by atoms with Gasteiger partial charge in [0.05, 0.1) is 17.6 Å². The van der Waals surface area contributed by atoms with Gasteiger partial charge in [-0.1, -0.05) is 23.9 Å². The van der Waals surface area contributed by atoms with Crippen LogP contribution in [0.4, 0.5) is 17.1 Å². The van der Waals surface area contributed by atoms with Crippen LogP contribution < -0.4 is 21.9 Å². The van der Waals surface area contributed by atoms with Crippen LogP contribution >= 0.6 is 11.8 Å². The molecule has 0 radical (unpaired) electrons. The van der Waals surface area contributed by atoms with Crippen molar-refractivity contribution in [3.63, 3.8) is 0 Å². The standard InChI is InChI=1S/C14H18N4S/c1-16-13-4-2-3-5-14(13)19-10-17-18-12-8-6-11(15)7-9-12/h2-9,16-18H,10,15H2,1H3/p+2. The lowest BCUT2D eigenvalue weighted by atomic mass is 10.3. The number of hydrogen-bond acceptors (Lipinski definition) is 3. The number of nitrogens with one attached hydrogen (secondary N) is 1. The third-order valence-electron chi connectivity index (χ3n) is 2.73. The molecular formula is C14H20N4S+2. The number of nitrogen functional groups attached to an aromatic ring is 2. The fourth-order valence-corrected chi connectivity index (χ4v) is 2.59. The number of quaternary nitrogens is 2. The summed E-state index contributed by atoms with van der Waals surface area (Å²) >= 11 is 1.82. The maximum atomic E-state index is 5.64. The second-order valence-electron chi connectivity index (χ2n) is 4.11. The molecule has 0 spiro atoms. The number of anilines is 2. The second-order valence-corrected chi connectivity index (χ2v) is 5.17. The third-order valence-corrected chi connectivity index (χ3v) is 3.75. The first kappa shape index (κ1) is 13.7. The summed E-state index contributed by atoms with van der Waals surface area (Å²) in [6, 6.07) is 16.2. The molecule has 0 atom stereocenters. The largest absolute Gasteiger partial charge is 0.399 e. The molecule has 2 rings (SSSR count). The van der Waals surface area contributed by atoms with Crippen molar-refractivity contribution in [3.05, 3.63) is 48.5 Å². The number of rotatable bonds is 6. The molecule has 2 aromatic rings. The SMILES string of the molecule is C[NH2+]c1ccccc1SC[NH2+]Nc1ccc(N)cc1. The first-order valence-corrected chi connectivity index (χ1v) is 7.23. The highest BCUT2D eigenvalue weighted by Crippen LogP contribution is 2.21. The molecule has 0 aromatic heterocycles. The molecule has 5 heteroatoms. The van der Waals surface area contributed by atoms with Gasteiger partial charge in [0.15, 0.2) is 0 Å². The van der Waals surface area contributed by atoms with E-state index in [9.17, 15) is 0 Å². The summed E-state index contributed by atoms with van der Waals surface area (Å²) in [4.78, 5) is 1.31. The molecule has 0 aliphatic carbocycles. The molecule has 19 heavy (non-hydrogen) atoms. The Labute approximate surface area is 117 Å². The van der Waals surface area contributed by atoms with E-state index in [1.165, 1.54) is 10.6 Å². The van der Waals surface area contributed by atoms with E-state index in [0.717, 1.165) is 17.3 Å². The predicted octanol–water partition coefficient (Wildman–Crippen LogP) is 0.734. The molecule has 100 valence electrons. The Bertz CT molecular complexity index is 513. The Kier molecular flexibility index (Phi) is 5.09. The maximum Gasteiger partial charge on any atom is 0.149 e. The smallest absolute Gasteiger partial charge is 0.149 e. The Morgan fingerprint density at radius 1 is 1.11 bits per heavy atom. The number of benzene rings is 2. The highest BCUT2D eigenvalue weighted by atomic mass is 32.2. The van der Waals surface area contributed by atoms with Crippen LogP contribution in [0.15, 0.2) is 53.4 Å². The summed E-state index contributed by atoms with van der Waals surface area (Å²) in [7, 11) is 2.07. The van der Waals surface area contributed by atoms with Gasteiger partial charge < -0.3 is 11.1 Å². The zero-order valence-corrected chi connectivity index (χ0v) is 11.8. The third kappa shape index (κ3) is 4.17. The van der Waals surface area contributed by atoms with Crippen molar-refractivity contribution in [1.29, 1.82) is 0 Å². The van der Waals surface area contributed by atoms with Crippen LogP contribution in [0.3, 0.4) is 0 Å². The van der Waals surface area contributed by atoms with E-state index in [1.807, 2.05) is 36.0 Å². The van der Waals surface area contributed by atoms with Crippen molar-refractivity contribution < 1.29 is 10.7 Å². The summed E-state index contributed by atoms with van der Waals surface area (Å²) in [6.07, 6.45) is 0. The summed E-state index contributed by atoms with van der Waals surface area (Å²) in [6.45, 7) is 0. The maximum absolute atomic E-state index is 5.64. The second kappa shape index (κ2) is 7.04. The normalized spacial score (nSPS) is 10.4. The van der Waals surface area contributed by atoms with Crippen LogP contribution in [-0.2, 0) is 0 Å². The molecule has 4 nitrogen and oxygen atoms in total. The molecule has 0 unspecified atom stereocenters. The van der Waals surface area contributed by atoms with Gasteiger partial charge in [0.25, 0.3) is 0 Å². The van der Waals surface area contributed by atoms with Gasteiger partial charge in [-0.05, 0) is 30.3 Å². The molecule has 0 amide bonds. The van der Waals surface area contributed by atoms with Crippen LogP contribution in [0.2, 0.25) is 0 Å². The molecule has 0 bridgehead atoms. The van der Waals surface area contributed by atoms with Gasteiger partial charge in [0.1, 0.15) is 11.6 Å². The minimum absolute atomic E-state index is 0.785. The van der Waals surface area contributed by atoms with E-state index in [4.69, 9.17) is 5.73 Å². The lowest BCUT2D eigenvalue weighted by Crippen LogP contribution is -2.87. The van der Waals surface area contributed by atoms with Gasteiger partial charge >= 0.3 is 0 Å². The van der Waals surface area contributed by atoms with E-state index in [2.05, 4.69) is 47.5 Å². The van der Waals surface area contributed by atoms with Crippen LogP contribution in [0.5, 0.6) is 0 Å². The number of thioether (sulfide) groups is 1. The first-order chi connectivity index (χ1) is 9.29. The van der Waals surface area contributed by atoms with Crippen LogP contribution in [-0.4, -0.2) is 12.9 Å². The Morgan fingerprint density at radius 2 is 1.84 bits per heavy atom. The van der Waals surface area contributed by atoms with E-state index in [-0.39, 0.29) is 0 Å². The van der Waals surface area contributed by atoms with Gasteiger partial charge in [-0.2, -0.15) is 0 Å². The summed E-state index contributed by atoms with van der Waals surface area (Å²) in [5.74, 6) is 0.912. The average molecular weight is 276 g/mol. The molecule has 0 fully saturated rings. The quantitative estimate of drug-likeness (QED) is 0.157. The van der Waals surface area contributed by atoms with Crippen molar-refractivity contribution in [2.45, 2.75) is 4.90 Å². The zero-order valence-electron chi connectivity index (χ0n) is 11.0. The lowest BCUT2D eigenvalue weighted by Gasteiger charge is -2.06. The van der Waals surface area contributed by atoms with E-state index >= 15 is 0 Å². The van der Waals surface area contributed by atoms with Crippen molar-refractivity contribution in [3.8, 4) is 0 Å². The Hall–Kier alpha value is -1.69. The predicted molar refractivity (Wildman–Crippen MR) is 81.1 cm³/mol. The van der Waals surface area contributed by atoms with Crippen molar-refractivity contribution in [1.82, 2.24) is 0 Å². The average Bonchev–Trinajstić information content (AvgIpc) is 2.46. The van der Waals surface area contributed by atoms with Gasteiger partial charge in [0.2, 0.25) is 0 Å².